The molecule has 0 aliphatic rings. The molecule has 1 heterocycles. The fraction of sp³-hybridized carbons (Fsp3) is 0.600. The summed E-state index contributed by atoms with van der Waals surface area (Å²) in [5.74, 6) is -0.0206. The molecule has 15 heavy (non-hydrogen) atoms. The minimum absolute atomic E-state index is 0.0206. The lowest BCUT2D eigenvalue weighted by atomic mass is 10.2. The van der Waals surface area contributed by atoms with Crippen LogP contribution in [0.25, 0.3) is 0 Å². The Balaban J connectivity index is 2.28. The minimum atomic E-state index is -0.0206. The number of nitrogens with one attached hydrogen (secondary N) is 1. The number of nitrogens with zero attached hydrogens (tertiary/aromatic N) is 2. The van der Waals surface area contributed by atoms with Crippen LogP contribution in [0.3, 0.4) is 0 Å². The fourth-order valence-electron chi connectivity index (χ4n) is 1.33. The van der Waals surface area contributed by atoms with Crippen molar-refractivity contribution in [3.63, 3.8) is 0 Å². The smallest absolute Gasteiger partial charge is 0.256 e. The predicted molar refractivity (Wildman–Crippen MR) is 56.5 cm³/mol. The maximum atomic E-state index is 11.7. The van der Waals surface area contributed by atoms with Gasteiger partial charge in [0.05, 0.1) is 11.8 Å². The first kappa shape index (κ1) is 11.7. The molecule has 0 aliphatic carbocycles. The number of carbonyl (C=O) groups excluding carboxylic acids is 1. The van der Waals surface area contributed by atoms with Crippen LogP contribution in [0.1, 0.15) is 29.6 Å². The lowest BCUT2D eigenvalue weighted by Gasteiger charge is -2.15. The number of aliphatic hydroxyl groups is 1. The van der Waals surface area contributed by atoms with E-state index >= 15 is 0 Å². The number of hydrogen-bond donors (Lipinski definition) is 2. The van der Waals surface area contributed by atoms with E-state index in [1.54, 1.807) is 18.1 Å². The van der Waals surface area contributed by atoms with Gasteiger partial charge < -0.3 is 10.0 Å². The van der Waals surface area contributed by atoms with Gasteiger partial charge in [0.2, 0.25) is 0 Å². The van der Waals surface area contributed by atoms with Gasteiger partial charge in [-0.25, -0.2) is 0 Å². The number of aromatic amines is 1. The maximum Gasteiger partial charge on any atom is 0.256 e. The van der Waals surface area contributed by atoms with Crippen LogP contribution in [0, 0.1) is 0 Å². The van der Waals surface area contributed by atoms with E-state index in [0.29, 0.717) is 12.1 Å². The second kappa shape index (κ2) is 6.19. The molecular formula is C10H17N3O2. The zero-order valence-corrected chi connectivity index (χ0v) is 8.94. The number of carbonyl (C=O) groups is 1. The van der Waals surface area contributed by atoms with Gasteiger partial charge in [-0.1, -0.05) is 0 Å². The Kier molecular flexibility index (Phi) is 4.83. The number of amides is 1. The summed E-state index contributed by atoms with van der Waals surface area (Å²) in [7, 11) is 1.77. The summed E-state index contributed by atoms with van der Waals surface area (Å²) in [6, 6.07) is 0. The van der Waals surface area contributed by atoms with Gasteiger partial charge in [0.15, 0.2) is 0 Å². The van der Waals surface area contributed by atoms with Crippen LogP contribution in [-0.4, -0.2) is 46.3 Å². The molecule has 0 aromatic carbocycles. The van der Waals surface area contributed by atoms with E-state index in [4.69, 9.17) is 5.11 Å². The van der Waals surface area contributed by atoms with Crippen LogP contribution in [0.5, 0.6) is 0 Å². The Morgan fingerprint density at radius 1 is 1.53 bits per heavy atom. The third kappa shape index (κ3) is 3.71. The second-order valence-corrected chi connectivity index (χ2v) is 3.50. The van der Waals surface area contributed by atoms with Gasteiger partial charge in [-0.3, -0.25) is 9.89 Å². The normalized spacial score (nSPS) is 10.3. The van der Waals surface area contributed by atoms with Gasteiger partial charge in [-0.05, 0) is 19.3 Å². The van der Waals surface area contributed by atoms with Crippen molar-refractivity contribution in [1.82, 2.24) is 15.1 Å². The number of hydrogen-bond acceptors (Lipinski definition) is 3. The molecule has 1 aromatic heterocycles. The van der Waals surface area contributed by atoms with Gasteiger partial charge in [-0.2, -0.15) is 5.10 Å². The standard InChI is InChI=1S/C10H17N3O2/c1-13(5-3-2-4-6-14)10(15)9-7-11-12-8-9/h7-8,14H,2-6H2,1H3,(H,11,12). The summed E-state index contributed by atoms with van der Waals surface area (Å²) in [5.41, 5.74) is 0.583. The van der Waals surface area contributed by atoms with E-state index in [0.717, 1.165) is 19.3 Å². The molecule has 0 spiro atoms. The quantitative estimate of drug-likeness (QED) is 0.678. The van der Waals surface area contributed by atoms with Crippen LogP contribution in [0.15, 0.2) is 12.4 Å². The molecule has 0 radical (unpaired) electrons. The largest absolute Gasteiger partial charge is 0.396 e. The lowest BCUT2D eigenvalue weighted by molar-refractivity contribution is 0.0792. The molecule has 5 nitrogen and oxygen atoms in total. The highest BCUT2D eigenvalue weighted by molar-refractivity contribution is 5.93. The van der Waals surface area contributed by atoms with Gasteiger partial charge in [0, 0.05) is 26.4 Å². The van der Waals surface area contributed by atoms with Gasteiger partial charge in [0.25, 0.3) is 5.91 Å². The van der Waals surface area contributed by atoms with Crippen molar-refractivity contribution >= 4 is 5.91 Å². The first-order valence-electron chi connectivity index (χ1n) is 5.11. The molecule has 1 rings (SSSR count). The van der Waals surface area contributed by atoms with Crippen molar-refractivity contribution in [3.05, 3.63) is 18.0 Å². The lowest BCUT2D eigenvalue weighted by Crippen LogP contribution is -2.27. The molecule has 0 bridgehead atoms. The van der Waals surface area contributed by atoms with Crippen molar-refractivity contribution < 1.29 is 9.90 Å². The Morgan fingerprint density at radius 3 is 2.93 bits per heavy atom. The molecule has 0 unspecified atom stereocenters. The summed E-state index contributed by atoms with van der Waals surface area (Å²) in [6.07, 6.45) is 5.77. The van der Waals surface area contributed by atoms with Crippen LogP contribution in [-0.2, 0) is 0 Å². The zero-order chi connectivity index (χ0) is 11.1. The summed E-state index contributed by atoms with van der Waals surface area (Å²) in [5, 5.41) is 14.9. The average Bonchev–Trinajstić information content (AvgIpc) is 2.76. The molecular weight excluding hydrogens is 194 g/mol. The molecule has 1 amide bonds. The van der Waals surface area contributed by atoms with Crippen molar-refractivity contribution in [3.8, 4) is 0 Å². The van der Waals surface area contributed by atoms with Crippen molar-refractivity contribution in [1.29, 1.82) is 0 Å². The molecule has 5 heteroatoms. The van der Waals surface area contributed by atoms with E-state index in [-0.39, 0.29) is 12.5 Å². The number of H-pyrrole nitrogens is 1. The van der Waals surface area contributed by atoms with Crippen LogP contribution >= 0.6 is 0 Å². The highest BCUT2D eigenvalue weighted by atomic mass is 16.2. The highest BCUT2D eigenvalue weighted by Gasteiger charge is 2.11. The SMILES string of the molecule is CN(CCCCCO)C(=O)c1cn[nH]c1. The molecule has 84 valence electrons. The average molecular weight is 211 g/mol. The summed E-state index contributed by atoms with van der Waals surface area (Å²) < 4.78 is 0. The monoisotopic (exact) mass is 211 g/mol. The minimum Gasteiger partial charge on any atom is -0.396 e. The highest BCUT2D eigenvalue weighted by Crippen LogP contribution is 2.02. The van der Waals surface area contributed by atoms with Crippen molar-refractivity contribution in [2.24, 2.45) is 0 Å². The topological polar surface area (TPSA) is 69.2 Å². The van der Waals surface area contributed by atoms with E-state index in [9.17, 15) is 4.79 Å². The first-order chi connectivity index (χ1) is 7.25. The molecule has 0 atom stereocenters. The van der Waals surface area contributed by atoms with E-state index in [1.807, 2.05) is 0 Å². The number of aliphatic hydroxyl groups excluding tert-OH is 1. The third-order valence-electron chi connectivity index (χ3n) is 2.24. The summed E-state index contributed by atoms with van der Waals surface area (Å²) >= 11 is 0. The summed E-state index contributed by atoms with van der Waals surface area (Å²) in [6.45, 7) is 0.934. The molecule has 0 fully saturated rings. The zero-order valence-electron chi connectivity index (χ0n) is 8.94. The Labute approximate surface area is 89.1 Å². The Morgan fingerprint density at radius 2 is 2.33 bits per heavy atom. The van der Waals surface area contributed by atoms with Gasteiger partial charge >= 0.3 is 0 Å². The predicted octanol–water partition coefficient (Wildman–Crippen LogP) is 0.644. The Hall–Kier alpha value is -1.36. The third-order valence-corrected chi connectivity index (χ3v) is 2.24. The van der Waals surface area contributed by atoms with E-state index in [2.05, 4.69) is 10.2 Å². The number of unbranched alkanes of at least 4 members (excludes halogenated alkanes) is 2. The Bertz CT molecular complexity index is 285. The number of rotatable bonds is 6. The summed E-state index contributed by atoms with van der Waals surface area (Å²) in [4.78, 5) is 13.4. The molecule has 0 saturated heterocycles. The van der Waals surface area contributed by atoms with Gasteiger partial charge in [0.1, 0.15) is 0 Å². The van der Waals surface area contributed by atoms with Crippen molar-refractivity contribution in [2.45, 2.75) is 19.3 Å². The van der Waals surface area contributed by atoms with Crippen LogP contribution < -0.4 is 0 Å². The van der Waals surface area contributed by atoms with E-state index in [1.165, 1.54) is 6.20 Å². The van der Waals surface area contributed by atoms with Crippen LogP contribution in [0.2, 0.25) is 0 Å². The van der Waals surface area contributed by atoms with Crippen molar-refractivity contribution in [2.75, 3.05) is 20.2 Å². The van der Waals surface area contributed by atoms with Crippen LogP contribution in [0.4, 0.5) is 0 Å². The molecule has 0 aliphatic heterocycles. The molecule has 2 N–H and O–H groups in total. The van der Waals surface area contributed by atoms with E-state index < -0.39 is 0 Å². The maximum absolute atomic E-state index is 11.7. The second-order valence-electron chi connectivity index (χ2n) is 3.50. The first-order valence-corrected chi connectivity index (χ1v) is 5.11. The molecule has 0 saturated carbocycles. The van der Waals surface area contributed by atoms with Gasteiger partial charge in [-0.15, -0.1) is 0 Å². The molecule has 1 aromatic rings. The number of aromatic nitrogens is 2. The fourth-order valence-corrected chi connectivity index (χ4v) is 1.33.